The highest BCUT2D eigenvalue weighted by molar-refractivity contribution is 6.07. The molecule has 0 saturated carbocycles. The molecule has 0 spiro atoms. The van der Waals surface area contributed by atoms with Crippen LogP contribution in [0.15, 0.2) is 73.1 Å². The van der Waals surface area contributed by atoms with Crippen LogP contribution in [0.2, 0.25) is 0 Å². The number of rotatable bonds is 7. The largest absolute Gasteiger partial charge is 0.468 e. The van der Waals surface area contributed by atoms with E-state index in [2.05, 4.69) is 25.6 Å². The van der Waals surface area contributed by atoms with Crippen LogP contribution < -0.4 is 15.4 Å². The first-order valence-electron chi connectivity index (χ1n) is 11.1. The van der Waals surface area contributed by atoms with Crippen molar-refractivity contribution in [1.29, 1.82) is 0 Å². The standard InChI is InChI=1S/C26H23N5O3/c32-20-10-6-9-19-24(20)26(29-18-7-2-1-3-8-18)25(30-19)17-12-14-27-21(15-17)31-22(33)16-34-23-11-4-5-13-28-23/h1-5,7-8,11-15,29-30H,6,9-10,16H2,(H,27,31,33). The van der Waals surface area contributed by atoms with E-state index < -0.39 is 0 Å². The van der Waals surface area contributed by atoms with Gasteiger partial charge >= 0.3 is 0 Å². The number of aromatic nitrogens is 3. The van der Waals surface area contributed by atoms with Crippen molar-refractivity contribution in [2.45, 2.75) is 19.3 Å². The van der Waals surface area contributed by atoms with E-state index in [1.165, 1.54) is 0 Å². The van der Waals surface area contributed by atoms with Gasteiger partial charge in [-0.05, 0) is 43.2 Å². The number of para-hydroxylation sites is 1. The van der Waals surface area contributed by atoms with Crippen LogP contribution in [0.5, 0.6) is 5.88 Å². The van der Waals surface area contributed by atoms with E-state index in [4.69, 9.17) is 4.74 Å². The number of hydrogen-bond donors (Lipinski definition) is 3. The molecule has 1 aliphatic rings. The molecule has 1 aromatic carbocycles. The summed E-state index contributed by atoms with van der Waals surface area (Å²) < 4.78 is 5.40. The molecule has 4 aromatic rings. The van der Waals surface area contributed by atoms with Crippen molar-refractivity contribution in [1.82, 2.24) is 15.0 Å². The maximum absolute atomic E-state index is 12.8. The van der Waals surface area contributed by atoms with Crippen molar-refractivity contribution >= 4 is 28.9 Å². The van der Waals surface area contributed by atoms with Crippen LogP contribution in [0.4, 0.5) is 17.2 Å². The second kappa shape index (κ2) is 9.58. The smallest absolute Gasteiger partial charge is 0.263 e. The van der Waals surface area contributed by atoms with Crippen LogP contribution in [0.25, 0.3) is 11.3 Å². The van der Waals surface area contributed by atoms with Gasteiger partial charge in [0.1, 0.15) is 5.82 Å². The number of Topliss-reactive ketones (excluding diaryl/α,β-unsaturated/α-hetero) is 1. The lowest BCUT2D eigenvalue weighted by Gasteiger charge is -2.14. The van der Waals surface area contributed by atoms with Crippen LogP contribution in [0.1, 0.15) is 28.9 Å². The number of fused-ring (bicyclic) bond motifs is 1. The number of nitrogens with zero attached hydrogens (tertiary/aromatic N) is 2. The minimum absolute atomic E-state index is 0.122. The molecular weight excluding hydrogens is 430 g/mol. The van der Waals surface area contributed by atoms with Gasteiger partial charge in [0.15, 0.2) is 12.4 Å². The van der Waals surface area contributed by atoms with Crippen LogP contribution in [-0.2, 0) is 11.2 Å². The van der Waals surface area contributed by atoms with Gasteiger partial charge in [-0.3, -0.25) is 9.59 Å². The Balaban J connectivity index is 1.41. The predicted molar refractivity (Wildman–Crippen MR) is 129 cm³/mol. The van der Waals surface area contributed by atoms with Crippen LogP contribution >= 0.6 is 0 Å². The number of benzene rings is 1. The molecule has 0 atom stereocenters. The Labute approximate surface area is 196 Å². The summed E-state index contributed by atoms with van der Waals surface area (Å²) in [5, 5.41) is 6.18. The van der Waals surface area contributed by atoms with E-state index in [0.29, 0.717) is 23.7 Å². The fourth-order valence-corrected chi connectivity index (χ4v) is 4.01. The van der Waals surface area contributed by atoms with Crippen molar-refractivity contribution in [3.05, 3.63) is 84.3 Å². The molecule has 0 bridgehead atoms. The summed E-state index contributed by atoms with van der Waals surface area (Å²) in [7, 11) is 0. The minimum atomic E-state index is -0.348. The van der Waals surface area contributed by atoms with Crippen molar-refractivity contribution in [3.8, 4) is 17.1 Å². The number of carbonyl (C=O) groups excluding carboxylic acids is 2. The minimum Gasteiger partial charge on any atom is -0.468 e. The predicted octanol–water partition coefficient (Wildman–Crippen LogP) is 4.75. The second-order valence-electron chi connectivity index (χ2n) is 7.93. The Hall–Kier alpha value is -4.46. The summed E-state index contributed by atoms with van der Waals surface area (Å²) in [4.78, 5) is 36.9. The van der Waals surface area contributed by atoms with E-state index >= 15 is 0 Å². The quantitative estimate of drug-likeness (QED) is 0.373. The van der Waals surface area contributed by atoms with Crippen molar-refractivity contribution in [3.63, 3.8) is 0 Å². The molecule has 8 heteroatoms. The molecule has 3 aromatic heterocycles. The van der Waals surface area contributed by atoms with Gasteiger partial charge in [-0.15, -0.1) is 0 Å². The Morgan fingerprint density at radius 1 is 1.00 bits per heavy atom. The summed E-state index contributed by atoms with van der Waals surface area (Å²) in [6, 6.07) is 18.6. The number of pyridine rings is 2. The number of amides is 1. The molecule has 3 N–H and O–H groups in total. The molecule has 0 aliphatic heterocycles. The Morgan fingerprint density at radius 3 is 2.68 bits per heavy atom. The Morgan fingerprint density at radius 2 is 1.85 bits per heavy atom. The first kappa shape index (κ1) is 21.4. The summed E-state index contributed by atoms with van der Waals surface area (Å²) in [6.07, 6.45) is 5.38. The van der Waals surface area contributed by atoms with Gasteiger partial charge < -0.3 is 20.4 Å². The highest BCUT2D eigenvalue weighted by Gasteiger charge is 2.27. The van der Waals surface area contributed by atoms with Gasteiger partial charge in [0.05, 0.1) is 16.9 Å². The summed E-state index contributed by atoms with van der Waals surface area (Å²) in [6.45, 7) is -0.185. The number of aromatic amines is 1. The zero-order chi connectivity index (χ0) is 23.3. The summed E-state index contributed by atoms with van der Waals surface area (Å²) in [5.41, 5.74) is 4.85. The molecule has 0 saturated heterocycles. The summed E-state index contributed by atoms with van der Waals surface area (Å²) >= 11 is 0. The topological polar surface area (TPSA) is 109 Å². The van der Waals surface area contributed by atoms with Gasteiger partial charge in [-0.25, -0.2) is 9.97 Å². The number of carbonyl (C=O) groups is 2. The number of ether oxygens (including phenoxy) is 1. The number of nitrogens with one attached hydrogen (secondary N) is 3. The molecule has 8 nitrogen and oxygen atoms in total. The monoisotopic (exact) mass is 453 g/mol. The van der Waals surface area contributed by atoms with Gasteiger partial charge in [-0.2, -0.15) is 0 Å². The van der Waals surface area contributed by atoms with Crippen molar-refractivity contribution in [2.75, 3.05) is 17.2 Å². The third kappa shape index (κ3) is 4.66. The molecule has 1 amide bonds. The van der Waals surface area contributed by atoms with Gasteiger partial charge in [0.2, 0.25) is 5.88 Å². The lowest BCUT2D eigenvalue weighted by molar-refractivity contribution is -0.118. The zero-order valence-electron chi connectivity index (χ0n) is 18.4. The third-order valence-corrected chi connectivity index (χ3v) is 5.54. The van der Waals surface area contributed by atoms with E-state index in [1.807, 2.05) is 36.4 Å². The van der Waals surface area contributed by atoms with Gasteiger partial charge in [-0.1, -0.05) is 24.3 Å². The number of H-pyrrole nitrogens is 1. The molecule has 0 radical (unpaired) electrons. The van der Waals surface area contributed by atoms with Crippen LogP contribution in [-0.4, -0.2) is 33.2 Å². The van der Waals surface area contributed by atoms with E-state index in [1.54, 1.807) is 36.7 Å². The van der Waals surface area contributed by atoms with E-state index in [-0.39, 0.29) is 18.3 Å². The summed E-state index contributed by atoms with van der Waals surface area (Å²) in [5.74, 6) is 0.532. The highest BCUT2D eigenvalue weighted by Crippen LogP contribution is 2.39. The maximum Gasteiger partial charge on any atom is 0.263 e. The van der Waals surface area contributed by atoms with Crippen molar-refractivity contribution < 1.29 is 14.3 Å². The fourth-order valence-electron chi connectivity index (χ4n) is 4.01. The highest BCUT2D eigenvalue weighted by atomic mass is 16.5. The maximum atomic E-state index is 12.8. The molecule has 1 aliphatic carbocycles. The molecule has 0 fully saturated rings. The van der Waals surface area contributed by atoms with E-state index in [0.717, 1.165) is 41.2 Å². The average molecular weight is 454 g/mol. The number of anilines is 3. The van der Waals surface area contributed by atoms with Gasteiger partial charge in [0, 0.05) is 41.8 Å². The van der Waals surface area contributed by atoms with Crippen molar-refractivity contribution in [2.24, 2.45) is 0 Å². The normalized spacial score (nSPS) is 12.6. The number of ketones is 1. The lowest BCUT2D eigenvalue weighted by Crippen LogP contribution is -2.21. The SMILES string of the molecule is O=C(COc1ccccn1)Nc1cc(-c2[nH]c3c(c2Nc2ccccc2)C(=O)CCC3)ccn1. The molecule has 5 rings (SSSR count). The lowest BCUT2D eigenvalue weighted by atomic mass is 9.95. The number of aryl methyl sites for hydroxylation is 1. The van der Waals surface area contributed by atoms with Gasteiger partial charge in [0.25, 0.3) is 5.91 Å². The molecule has 0 unspecified atom stereocenters. The van der Waals surface area contributed by atoms with Crippen LogP contribution in [0, 0.1) is 0 Å². The zero-order valence-corrected chi connectivity index (χ0v) is 18.4. The molecule has 3 heterocycles. The Kier molecular flexibility index (Phi) is 6.03. The molecular formula is C26H23N5O3. The first-order chi connectivity index (χ1) is 16.7. The number of hydrogen-bond acceptors (Lipinski definition) is 6. The Bertz CT molecular complexity index is 1320. The van der Waals surface area contributed by atoms with Crippen LogP contribution in [0.3, 0.4) is 0 Å². The second-order valence-corrected chi connectivity index (χ2v) is 7.93. The molecule has 34 heavy (non-hydrogen) atoms. The molecule has 170 valence electrons. The average Bonchev–Trinajstić information content (AvgIpc) is 3.24. The van der Waals surface area contributed by atoms with E-state index in [9.17, 15) is 9.59 Å². The fraction of sp³-hybridized carbons (Fsp3) is 0.154. The third-order valence-electron chi connectivity index (χ3n) is 5.54. The first-order valence-corrected chi connectivity index (χ1v) is 11.1.